The summed E-state index contributed by atoms with van der Waals surface area (Å²) < 4.78 is 10.8. The molecule has 140 valence electrons. The number of nitrogens with zero attached hydrogens (tertiary/aromatic N) is 1. The fraction of sp³-hybridized carbons (Fsp3) is 0.529. The Kier molecular flexibility index (Phi) is 10.2. The lowest BCUT2D eigenvalue weighted by Crippen LogP contribution is -2.41. The molecule has 0 aromatic heterocycles. The molecule has 8 heteroatoms. The maximum Gasteiger partial charge on any atom is 0.255 e. The molecule has 1 atom stereocenters. The zero-order valence-corrected chi connectivity index (χ0v) is 16.8. The van der Waals surface area contributed by atoms with Crippen molar-refractivity contribution in [3.63, 3.8) is 0 Å². The van der Waals surface area contributed by atoms with Crippen LogP contribution in [0.25, 0.3) is 0 Å². The zero-order chi connectivity index (χ0) is 17.2. The van der Waals surface area contributed by atoms with Crippen LogP contribution >= 0.6 is 24.0 Å². The second-order valence-electron chi connectivity index (χ2n) is 5.66. The Morgan fingerprint density at radius 3 is 2.72 bits per heavy atom. The molecule has 1 aromatic rings. The topological polar surface area (TPSA) is 98.0 Å². The van der Waals surface area contributed by atoms with Crippen LogP contribution in [-0.2, 0) is 16.0 Å². The smallest absolute Gasteiger partial charge is 0.255 e. The van der Waals surface area contributed by atoms with E-state index in [4.69, 9.17) is 15.2 Å². The van der Waals surface area contributed by atoms with Gasteiger partial charge in [-0.05, 0) is 37.0 Å². The fourth-order valence-electron chi connectivity index (χ4n) is 2.47. The van der Waals surface area contributed by atoms with Crippen molar-refractivity contribution in [2.75, 3.05) is 33.4 Å². The Bertz CT molecular complexity index is 545. The molecule has 0 saturated carbocycles. The standard InChI is InChI=1S/C17H26N4O3.HI/c1-19-17(21-11-15-3-2-10-23-15)20-9-8-13-4-6-14(7-5-13)24-12-16(18)22;/h4-7,15H,2-3,8-12H2,1H3,(H2,18,22)(H2,19,20,21);1H. The summed E-state index contributed by atoms with van der Waals surface area (Å²) in [7, 11) is 1.76. The van der Waals surface area contributed by atoms with Crippen LogP contribution in [0.1, 0.15) is 18.4 Å². The molecule has 1 heterocycles. The molecule has 0 aliphatic carbocycles. The van der Waals surface area contributed by atoms with Gasteiger partial charge in [-0.15, -0.1) is 24.0 Å². The molecule has 25 heavy (non-hydrogen) atoms. The third-order valence-corrected chi connectivity index (χ3v) is 3.76. The molecular weight excluding hydrogens is 435 g/mol. The summed E-state index contributed by atoms with van der Waals surface area (Å²) in [6, 6.07) is 7.62. The van der Waals surface area contributed by atoms with Gasteiger partial charge in [0.2, 0.25) is 0 Å². The highest BCUT2D eigenvalue weighted by Crippen LogP contribution is 2.12. The first-order chi connectivity index (χ1) is 11.7. The summed E-state index contributed by atoms with van der Waals surface area (Å²) in [6.45, 7) is 2.31. The second kappa shape index (κ2) is 11.9. The van der Waals surface area contributed by atoms with Crippen molar-refractivity contribution in [1.29, 1.82) is 0 Å². The van der Waals surface area contributed by atoms with Crippen molar-refractivity contribution in [2.45, 2.75) is 25.4 Å². The molecule has 1 aromatic carbocycles. The number of ether oxygens (including phenoxy) is 2. The molecule has 1 aliphatic rings. The highest BCUT2D eigenvalue weighted by molar-refractivity contribution is 14.0. The van der Waals surface area contributed by atoms with Crippen LogP contribution in [0.3, 0.4) is 0 Å². The van der Waals surface area contributed by atoms with Crippen LogP contribution in [0.5, 0.6) is 5.75 Å². The first kappa shape index (κ1) is 21.5. The monoisotopic (exact) mass is 462 g/mol. The van der Waals surface area contributed by atoms with Crippen molar-refractivity contribution in [1.82, 2.24) is 10.6 Å². The van der Waals surface area contributed by atoms with E-state index < -0.39 is 5.91 Å². The van der Waals surface area contributed by atoms with Crippen LogP contribution in [0, 0.1) is 0 Å². The quantitative estimate of drug-likeness (QED) is 0.305. The van der Waals surface area contributed by atoms with Gasteiger partial charge in [-0.1, -0.05) is 12.1 Å². The van der Waals surface area contributed by atoms with Gasteiger partial charge < -0.3 is 25.8 Å². The van der Waals surface area contributed by atoms with E-state index in [2.05, 4.69) is 15.6 Å². The Labute approximate surface area is 165 Å². The first-order valence-corrected chi connectivity index (χ1v) is 8.23. The Balaban J connectivity index is 0.00000312. The van der Waals surface area contributed by atoms with Gasteiger partial charge in [0, 0.05) is 26.7 Å². The highest BCUT2D eigenvalue weighted by Gasteiger charge is 2.15. The van der Waals surface area contributed by atoms with Gasteiger partial charge in [-0.2, -0.15) is 0 Å². The van der Waals surface area contributed by atoms with Crippen LogP contribution in [0.2, 0.25) is 0 Å². The molecule has 7 nitrogen and oxygen atoms in total. The minimum atomic E-state index is -0.481. The molecule has 0 bridgehead atoms. The first-order valence-electron chi connectivity index (χ1n) is 8.23. The number of guanidine groups is 1. The maximum absolute atomic E-state index is 10.7. The van der Waals surface area contributed by atoms with Gasteiger partial charge in [-0.25, -0.2) is 0 Å². The summed E-state index contributed by atoms with van der Waals surface area (Å²) >= 11 is 0. The molecule has 1 saturated heterocycles. The molecule has 0 radical (unpaired) electrons. The predicted molar refractivity (Wildman–Crippen MR) is 109 cm³/mol. The lowest BCUT2D eigenvalue weighted by Gasteiger charge is -2.15. The third-order valence-electron chi connectivity index (χ3n) is 3.76. The number of benzene rings is 1. The number of nitrogens with one attached hydrogen (secondary N) is 2. The lowest BCUT2D eigenvalue weighted by atomic mass is 10.1. The van der Waals surface area contributed by atoms with Crippen LogP contribution < -0.4 is 21.1 Å². The maximum atomic E-state index is 10.7. The van der Waals surface area contributed by atoms with Crippen molar-refractivity contribution < 1.29 is 14.3 Å². The molecule has 4 N–H and O–H groups in total. The van der Waals surface area contributed by atoms with Crippen LogP contribution in [-0.4, -0.2) is 51.3 Å². The van der Waals surface area contributed by atoms with E-state index in [0.717, 1.165) is 44.9 Å². The number of rotatable bonds is 8. The zero-order valence-electron chi connectivity index (χ0n) is 14.5. The number of hydrogen-bond acceptors (Lipinski definition) is 4. The van der Waals surface area contributed by atoms with Gasteiger partial charge >= 0.3 is 0 Å². The average molecular weight is 462 g/mol. The van der Waals surface area contributed by atoms with Crippen molar-refractivity contribution in [3.05, 3.63) is 29.8 Å². The molecule has 1 aliphatic heterocycles. The number of halogens is 1. The van der Waals surface area contributed by atoms with Gasteiger partial charge in [-0.3, -0.25) is 9.79 Å². The number of amides is 1. The minimum absolute atomic E-state index is 0. The van der Waals surface area contributed by atoms with E-state index in [9.17, 15) is 4.79 Å². The number of carbonyl (C=O) groups is 1. The number of hydrogen-bond donors (Lipinski definition) is 3. The van der Waals surface area contributed by atoms with E-state index in [0.29, 0.717) is 5.75 Å². The molecule has 0 spiro atoms. The number of primary amides is 1. The van der Waals surface area contributed by atoms with E-state index in [1.54, 1.807) is 7.05 Å². The Morgan fingerprint density at radius 1 is 1.36 bits per heavy atom. The fourth-order valence-corrected chi connectivity index (χ4v) is 2.47. The van der Waals surface area contributed by atoms with Crippen molar-refractivity contribution in [3.8, 4) is 5.75 Å². The lowest BCUT2D eigenvalue weighted by molar-refractivity contribution is -0.119. The molecule has 1 amide bonds. The van der Waals surface area contributed by atoms with Crippen molar-refractivity contribution >= 4 is 35.8 Å². The van der Waals surface area contributed by atoms with Gasteiger partial charge in [0.05, 0.1) is 6.10 Å². The van der Waals surface area contributed by atoms with E-state index >= 15 is 0 Å². The van der Waals surface area contributed by atoms with Crippen molar-refractivity contribution in [2.24, 2.45) is 10.7 Å². The van der Waals surface area contributed by atoms with Gasteiger partial charge in [0.25, 0.3) is 5.91 Å². The average Bonchev–Trinajstić information content (AvgIpc) is 3.10. The summed E-state index contributed by atoms with van der Waals surface area (Å²) in [4.78, 5) is 14.9. The summed E-state index contributed by atoms with van der Waals surface area (Å²) in [5, 5.41) is 6.57. The Morgan fingerprint density at radius 2 is 2.12 bits per heavy atom. The SMILES string of the molecule is CN=C(NCCc1ccc(OCC(N)=O)cc1)NCC1CCCO1.I. The minimum Gasteiger partial charge on any atom is -0.484 e. The largest absolute Gasteiger partial charge is 0.484 e. The number of aliphatic imine (C=N–C) groups is 1. The molecule has 1 unspecified atom stereocenters. The van der Waals surface area contributed by atoms with Gasteiger partial charge in [0.15, 0.2) is 12.6 Å². The van der Waals surface area contributed by atoms with Gasteiger partial charge in [0.1, 0.15) is 5.75 Å². The van der Waals surface area contributed by atoms with E-state index in [1.165, 1.54) is 5.56 Å². The summed E-state index contributed by atoms with van der Waals surface area (Å²) in [6.07, 6.45) is 3.39. The second-order valence-corrected chi connectivity index (χ2v) is 5.66. The third kappa shape index (κ3) is 8.39. The van der Waals surface area contributed by atoms with Crippen LogP contribution in [0.4, 0.5) is 0 Å². The Hall–Kier alpha value is -1.55. The summed E-state index contributed by atoms with van der Waals surface area (Å²) in [5.74, 6) is 0.941. The highest BCUT2D eigenvalue weighted by atomic mass is 127. The van der Waals surface area contributed by atoms with E-state index in [1.807, 2.05) is 24.3 Å². The van der Waals surface area contributed by atoms with Crippen LogP contribution in [0.15, 0.2) is 29.3 Å². The molecule has 2 rings (SSSR count). The van der Waals surface area contributed by atoms with E-state index in [-0.39, 0.29) is 36.7 Å². The molecule has 1 fully saturated rings. The number of nitrogens with two attached hydrogens (primary N) is 1. The number of carbonyl (C=O) groups excluding carboxylic acids is 1. The normalized spacial score (nSPS) is 16.8. The predicted octanol–water partition coefficient (Wildman–Crippen LogP) is 1.06. The molecular formula is C17H27IN4O3. The summed E-state index contributed by atoms with van der Waals surface area (Å²) in [5.41, 5.74) is 6.21.